The van der Waals surface area contributed by atoms with E-state index in [0.717, 1.165) is 189 Å². The lowest BCUT2D eigenvalue weighted by Gasteiger charge is -2.53. The van der Waals surface area contributed by atoms with Gasteiger partial charge in [0.2, 0.25) is 0 Å². The number of aliphatic hydroxyl groups is 2. The van der Waals surface area contributed by atoms with Crippen LogP contribution < -0.4 is 4.74 Å². The minimum absolute atomic E-state index is 0.0137. The third kappa shape index (κ3) is 27.8. The SMILES string of the molecule is COc1cccc([S+](c2cccc(CO)c2)c2cccc(CO)c2)c1.O=C(OC1C2CC3CC(C2)CC1C3)C(F)(F)S(=O)(=O)O.O=S(=O)([O-])c1c(C2CCCCC2)cc(C2CCCCC2)cc1C1CCCCC1.O=S(=O)([O-])c1c(C2CCCCC2)cc(C2CCCCC2)cc1C1CCCCC1.c1ccc([S+](c2ccccc2)c2ccccc2)cc1.c1ccc([S+](c2ccccc2)c2ccccc2)cc1. The Labute approximate surface area is 833 Å². The summed E-state index contributed by atoms with van der Waals surface area (Å²) in [5.74, 6) is 1.99. The number of hydrogen-bond donors (Lipinski definition) is 3. The van der Waals surface area contributed by atoms with Crippen molar-refractivity contribution in [1.82, 2.24) is 0 Å². The molecule has 11 aromatic carbocycles. The zero-order valence-corrected chi connectivity index (χ0v) is 85.0. The maximum atomic E-state index is 13.2. The van der Waals surface area contributed by atoms with Crippen LogP contribution in [-0.4, -0.2) is 73.6 Å². The Balaban J connectivity index is 0.000000127. The highest BCUT2D eigenvalue weighted by Gasteiger charge is 2.58. The summed E-state index contributed by atoms with van der Waals surface area (Å²) in [6.45, 7) is 0.0274. The Hall–Kier alpha value is -8.75. The maximum Gasteiger partial charge on any atom is 0.465 e. The van der Waals surface area contributed by atoms with Crippen molar-refractivity contribution in [3.63, 3.8) is 0 Å². The molecule has 0 saturated heterocycles. The van der Waals surface area contributed by atoms with Gasteiger partial charge in [-0.1, -0.05) is 279 Å². The van der Waals surface area contributed by atoms with Gasteiger partial charge >= 0.3 is 21.3 Å². The molecule has 4 bridgehead atoms. The van der Waals surface area contributed by atoms with Crippen molar-refractivity contribution in [1.29, 1.82) is 0 Å². The summed E-state index contributed by atoms with van der Waals surface area (Å²) in [6, 6.07) is 97.0. The Kier molecular flexibility index (Phi) is 38.0. The van der Waals surface area contributed by atoms with E-state index in [2.05, 4.69) is 224 Å². The fourth-order valence-corrected chi connectivity index (χ4v) is 32.1. The highest BCUT2D eigenvalue weighted by atomic mass is 32.2. The number of esters is 1. The number of rotatable bonds is 23. The lowest BCUT2D eigenvalue weighted by atomic mass is 9.55. The van der Waals surface area contributed by atoms with Gasteiger partial charge in [-0.3, -0.25) is 4.55 Å². The first-order valence-electron chi connectivity index (χ1n) is 50.8. The van der Waals surface area contributed by atoms with E-state index in [9.17, 15) is 58.1 Å². The smallest absolute Gasteiger partial charge is 0.465 e. The number of halogens is 2. The van der Waals surface area contributed by atoms with Gasteiger partial charge in [-0.25, -0.2) is 21.6 Å². The molecule has 0 heterocycles. The van der Waals surface area contributed by atoms with Crippen LogP contribution in [0.25, 0.3) is 0 Å². The average molecular weight is 2000 g/mol. The molecular formula is C117H137F2O14S6+. The largest absolute Gasteiger partial charge is 0.744 e. The number of benzene rings is 11. The predicted octanol–water partition coefficient (Wildman–Crippen LogP) is 28.6. The quantitative estimate of drug-likeness (QED) is 0.0306. The lowest BCUT2D eigenvalue weighted by molar-refractivity contribution is -0.186. The summed E-state index contributed by atoms with van der Waals surface area (Å²) >= 11 is 0. The molecule has 10 aliphatic rings. The van der Waals surface area contributed by atoms with E-state index in [4.69, 9.17) is 14.0 Å². The normalized spacial score (nSPS) is 20.2. The first-order chi connectivity index (χ1) is 67.4. The molecule has 21 rings (SSSR count). The van der Waals surface area contributed by atoms with Gasteiger partial charge in [0, 0.05) is 6.07 Å². The Morgan fingerprint density at radius 1 is 0.331 bits per heavy atom. The van der Waals surface area contributed by atoms with E-state index < -0.39 is 47.7 Å². The molecule has 10 fully saturated rings. The van der Waals surface area contributed by atoms with Crippen LogP contribution in [0.4, 0.5) is 8.78 Å². The predicted molar refractivity (Wildman–Crippen MR) is 550 cm³/mol. The van der Waals surface area contributed by atoms with Crippen molar-refractivity contribution in [2.75, 3.05) is 7.11 Å². The molecule has 0 aromatic heterocycles. The van der Waals surface area contributed by atoms with Crippen molar-refractivity contribution in [2.24, 2.45) is 23.7 Å². The van der Waals surface area contributed by atoms with Gasteiger partial charge in [-0.05, 0) is 322 Å². The number of methoxy groups -OCH3 is 1. The molecule has 0 atom stereocenters. The van der Waals surface area contributed by atoms with Crippen molar-refractivity contribution < 1.29 is 72.2 Å². The zero-order chi connectivity index (χ0) is 97.3. The van der Waals surface area contributed by atoms with E-state index in [1.807, 2.05) is 54.6 Å². The summed E-state index contributed by atoms with van der Waals surface area (Å²) in [6.07, 6.45) is 38.8. The minimum atomic E-state index is -5.79. The molecule has 0 radical (unpaired) electrons. The van der Waals surface area contributed by atoms with Crippen molar-refractivity contribution in [3.8, 4) is 5.75 Å². The molecule has 0 aliphatic heterocycles. The van der Waals surface area contributed by atoms with Gasteiger partial charge in [0.25, 0.3) is 0 Å². The van der Waals surface area contributed by atoms with Gasteiger partial charge < -0.3 is 28.8 Å². The average Bonchev–Trinajstić information content (AvgIpc) is 0.763. The van der Waals surface area contributed by atoms with E-state index >= 15 is 0 Å². The zero-order valence-electron chi connectivity index (χ0n) is 80.1. The Morgan fingerprint density at radius 3 is 0.827 bits per heavy atom. The summed E-state index contributed by atoms with van der Waals surface area (Å²) in [5.41, 5.74) is 7.97. The van der Waals surface area contributed by atoms with E-state index in [1.54, 1.807) is 7.11 Å². The van der Waals surface area contributed by atoms with Crippen LogP contribution in [0.3, 0.4) is 0 Å². The first kappa shape index (κ1) is 105. The second kappa shape index (κ2) is 50.5. The Bertz CT molecular complexity index is 5410. The van der Waals surface area contributed by atoms with E-state index in [-0.39, 0.29) is 91.2 Å². The number of alkyl halides is 2. The van der Waals surface area contributed by atoms with Crippen LogP contribution in [-0.2, 0) is 85.8 Å². The van der Waals surface area contributed by atoms with Crippen LogP contribution in [0.15, 0.2) is 333 Å². The topological polar surface area (TPSA) is 245 Å². The molecular weight excluding hydrogens is 1860 g/mol. The standard InChI is InChI=1S/2C24H36O3S.C21H21O3S.2C18H15S.C12H16F2O5S/c2*25-28(26,27)24-22(19-12-6-2-7-13-19)16-21(18-10-4-1-5-11-18)17-23(24)20-14-8-3-9-15-20;1-24-18-7-4-10-21(13-18)25(19-8-2-5-16(11-19)14-22)20-9-3-6-17(12-20)15-23;2*1-4-10-16(11-5-1)19(17-12-6-2-7-13-17)18-14-8-3-9-15-18;13-12(14,20(16,17)18)11(15)19-10-8-2-6-1-7(4-8)5-9(10)3-6/h2*16-20H,1-15H2,(H,25,26,27);2-13,22-23H,14-15H2,1H3;2*1-15H;6-10H,1-5H2,(H,16,17,18)/q;;3*+1;/p-2. The van der Waals surface area contributed by atoms with Crippen LogP contribution in [0, 0.1) is 23.7 Å². The number of ether oxygens (including phenoxy) is 2. The molecule has 14 nitrogen and oxygen atoms in total. The van der Waals surface area contributed by atoms with Gasteiger partial charge in [0.15, 0.2) is 44.1 Å². The van der Waals surface area contributed by atoms with Crippen LogP contribution in [0.2, 0.25) is 0 Å². The molecule has 0 unspecified atom stereocenters. The third-order valence-corrected chi connectivity index (χ3v) is 39.3. The second-order valence-electron chi connectivity index (χ2n) is 39.4. The van der Waals surface area contributed by atoms with E-state index in [0.29, 0.717) is 23.7 Å². The number of carbonyl (C=O) groups is 1. The van der Waals surface area contributed by atoms with Crippen LogP contribution >= 0.6 is 0 Å². The lowest BCUT2D eigenvalue weighted by Crippen LogP contribution is -2.52. The van der Waals surface area contributed by atoms with Crippen molar-refractivity contribution in [3.05, 3.63) is 324 Å². The van der Waals surface area contributed by atoms with Gasteiger partial charge in [0.05, 0.1) is 62.8 Å². The summed E-state index contributed by atoms with van der Waals surface area (Å²) in [4.78, 5) is 23.3. The summed E-state index contributed by atoms with van der Waals surface area (Å²) in [7, 11) is -13.4. The molecule has 10 saturated carbocycles. The van der Waals surface area contributed by atoms with E-state index in [1.165, 1.54) is 130 Å². The summed E-state index contributed by atoms with van der Waals surface area (Å²) < 4.78 is 141. The van der Waals surface area contributed by atoms with Crippen molar-refractivity contribution in [2.45, 2.75) is 339 Å². The molecule has 11 aromatic rings. The molecule has 22 heteroatoms. The minimum Gasteiger partial charge on any atom is -0.744 e. The maximum absolute atomic E-state index is 13.2. The third-order valence-electron chi connectivity index (χ3n) is 29.9. The molecule has 10 aliphatic carbocycles. The van der Waals surface area contributed by atoms with Gasteiger partial charge in [-0.2, -0.15) is 17.2 Å². The first-order valence-corrected chi connectivity index (χ1v) is 58.7. The molecule has 3 N–H and O–H groups in total. The monoisotopic (exact) mass is 2000 g/mol. The van der Waals surface area contributed by atoms with Crippen LogP contribution in [0.1, 0.15) is 305 Å². The number of hydrogen-bond acceptors (Lipinski definition) is 13. The van der Waals surface area contributed by atoms with Gasteiger partial charge in [0.1, 0.15) is 32.1 Å². The molecule has 0 amide bonds. The highest BCUT2D eigenvalue weighted by molar-refractivity contribution is 7.97. The van der Waals surface area contributed by atoms with Crippen molar-refractivity contribution >= 4 is 69.0 Å². The van der Waals surface area contributed by atoms with Crippen LogP contribution in [0.5, 0.6) is 5.75 Å². The second-order valence-corrected chi connectivity index (χ2v) is 49.5. The number of aliphatic hydroxyl groups excluding tert-OH is 2. The fourth-order valence-electron chi connectivity index (χ4n) is 23.4. The highest BCUT2D eigenvalue weighted by Crippen LogP contribution is 2.56. The van der Waals surface area contributed by atoms with Gasteiger partial charge in [-0.15, -0.1) is 0 Å². The summed E-state index contributed by atoms with van der Waals surface area (Å²) in [5, 5.41) is 14.1. The fraction of sp³-hybridized carbons (Fsp3) is 0.427. The molecule has 0 spiro atoms. The molecule has 139 heavy (non-hydrogen) atoms. The Morgan fingerprint density at radius 2 is 0.576 bits per heavy atom. The number of carbonyl (C=O) groups excluding carboxylic acids is 1. The molecule has 738 valence electrons.